The van der Waals surface area contributed by atoms with Gasteiger partial charge < -0.3 is 5.73 Å². The molecule has 0 atom stereocenters. The zero-order chi connectivity index (χ0) is 18.9. The van der Waals surface area contributed by atoms with Crippen LogP contribution in [0.25, 0.3) is 10.9 Å². The largest absolute Gasteiger partial charge is 0.369 e. The van der Waals surface area contributed by atoms with Gasteiger partial charge in [-0.1, -0.05) is 24.9 Å². The number of hydrazone groups is 1. The minimum absolute atomic E-state index is 0.0803. The number of hydrogen-bond acceptors (Lipinski definition) is 4. The molecule has 0 saturated heterocycles. The lowest BCUT2D eigenvalue weighted by Gasteiger charge is -2.06. The molecule has 1 aliphatic rings. The standard InChI is InChI=1S/C17H22ClN5O2S/c1-2-3-8-26(24,25)23-10-14(13-9-12(18)6-7-15(13)23)16(11-4-5-11)21-22-17(19)20/h6-7,9-11H,2-5,8H2,1H3,(H4,19,20,22)/b21-16-. The summed E-state index contributed by atoms with van der Waals surface area (Å²) in [5.74, 6) is 0.0374. The van der Waals surface area contributed by atoms with E-state index in [9.17, 15) is 8.42 Å². The van der Waals surface area contributed by atoms with Gasteiger partial charge in [-0.05, 0) is 37.5 Å². The third-order valence-corrected chi connectivity index (χ3v) is 6.27. The number of hydrogen-bond donors (Lipinski definition) is 3. The van der Waals surface area contributed by atoms with Gasteiger partial charge in [0, 0.05) is 28.1 Å². The number of guanidine groups is 1. The molecule has 0 amide bonds. The highest BCUT2D eigenvalue weighted by Crippen LogP contribution is 2.37. The Morgan fingerprint density at radius 2 is 2.19 bits per heavy atom. The van der Waals surface area contributed by atoms with E-state index in [-0.39, 0.29) is 17.6 Å². The molecule has 1 saturated carbocycles. The van der Waals surface area contributed by atoms with Crippen LogP contribution in [0.2, 0.25) is 5.02 Å². The number of benzene rings is 1. The summed E-state index contributed by atoms with van der Waals surface area (Å²) in [6.07, 6.45) is 4.95. The second-order valence-corrected chi connectivity index (χ2v) is 8.87. The highest BCUT2D eigenvalue weighted by Gasteiger charge is 2.32. The molecule has 1 aromatic carbocycles. The lowest BCUT2D eigenvalue weighted by Crippen LogP contribution is -2.27. The van der Waals surface area contributed by atoms with Crippen molar-refractivity contribution in [3.63, 3.8) is 0 Å². The van der Waals surface area contributed by atoms with Crippen LogP contribution in [0.15, 0.2) is 29.5 Å². The van der Waals surface area contributed by atoms with Crippen LogP contribution in [-0.4, -0.2) is 29.8 Å². The Morgan fingerprint density at radius 1 is 1.46 bits per heavy atom. The Labute approximate surface area is 157 Å². The number of nitrogens with two attached hydrogens (primary N) is 1. The normalized spacial score (nSPS) is 15.4. The van der Waals surface area contributed by atoms with E-state index >= 15 is 0 Å². The molecule has 3 rings (SSSR count). The summed E-state index contributed by atoms with van der Waals surface area (Å²) in [5, 5.41) is 12.8. The smallest absolute Gasteiger partial charge is 0.238 e. The van der Waals surface area contributed by atoms with Gasteiger partial charge in [0.15, 0.2) is 0 Å². The van der Waals surface area contributed by atoms with E-state index in [2.05, 4.69) is 10.5 Å². The lowest BCUT2D eigenvalue weighted by molar-refractivity contribution is 0.585. The van der Waals surface area contributed by atoms with Crippen LogP contribution >= 0.6 is 11.6 Å². The van der Waals surface area contributed by atoms with Gasteiger partial charge >= 0.3 is 0 Å². The van der Waals surface area contributed by atoms with Crippen LogP contribution in [0.3, 0.4) is 0 Å². The Balaban J connectivity index is 2.18. The van der Waals surface area contributed by atoms with E-state index in [1.165, 1.54) is 3.97 Å². The second kappa shape index (κ2) is 7.28. The van der Waals surface area contributed by atoms with E-state index in [4.69, 9.17) is 22.7 Å². The summed E-state index contributed by atoms with van der Waals surface area (Å²) in [5.41, 5.74) is 9.83. The van der Waals surface area contributed by atoms with Crippen LogP contribution in [-0.2, 0) is 10.0 Å². The minimum Gasteiger partial charge on any atom is -0.369 e. The Bertz CT molecular complexity index is 976. The fourth-order valence-electron chi connectivity index (χ4n) is 2.88. The molecule has 1 fully saturated rings. The number of unbranched alkanes of at least 4 members (excludes halogenated alkanes) is 1. The Hall–Kier alpha value is -2.06. The van der Waals surface area contributed by atoms with Crippen LogP contribution in [0.4, 0.5) is 0 Å². The number of nitrogens with zero attached hydrogens (tertiary/aromatic N) is 2. The molecule has 0 radical (unpaired) electrons. The van der Waals surface area contributed by atoms with Gasteiger partial charge in [-0.15, -0.1) is 0 Å². The molecule has 1 aliphatic carbocycles. The summed E-state index contributed by atoms with van der Waals surface area (Å²) < 4.78 is 26.9. The molecule has 1 heterocycles. The van der Waals surface area contributed by atoms with Gasteiger partial charge in [0.25, 0.3) is 0 Å². The molecular formula is C17H22ClN5O2S. The molecule has 2 aromatic rings. The van der Waals surface area contributed by atoms with Gasteiger partial charge in [-0.25, -0.2) is 17.8 Å². The van der Waals surface area contributed by atoms with Crippen LogP contribution in [0, 0.1) is 11.3 Å². The van der Waals surface area contributed by atoms with Gasteiger partial charge in [0.2, 0.25) is 16.0 Å². The first kappa shape index (κ1) is 18.7. The van der Waals surface area contributed by atoms with E-state index < -0.39 is 10.0 Å². The lowest BCUT2D eigenvalue weighted by atomic mass is 10.1. The van der Waals surface area contributed by atoms with Crippen molar-refractivity contribution in [1.29, 1.82) is 5.41 Å². The molecule has 7 nitrogen and oxygen atoms in total. The average molecular weight is 396 g/mol. The summed E-state index contributed by atoms with van der Waals surface area (Å²) in [6.45, 7) is 1.96. The molecule has 26 heavy (non-hydrogen) atoms. The van der Waals surface area contributed by atoms with Crippen LogP contribution < -0.4 is 11.2 Å². The third-order valence-electron chi connectivity index (χ3n) is 4.32. The van der Waals surface area contributed by atoms with Crippen molar-refractivity contribution in [3.8, 4) is 0 Å². The maximum Gasteiger partial charge on any atom is 0.238 e. The highest BCUT2D eigenvalue weighted by atomic mass is 35.5. The van der Waals surface area contributed by atoms with Crippen molar-refractivity contribution in [2.24, 2.45) is 16.8 Å². The van der Waals surface area contributed by atoms with Gasteiger partial charge in [-0.2, -0.15) is 5.10 Å². The van der Waals surface area contributed by atoms with E-state index in [1.54, 1.807) is 24.4 Å². The third kappa shape index (κ3) is 3.86. The predicted molar refractivity (Wildman–Crippen MR) is 105 cm³/mol. The molecule has 4 N–H and O–H groups in total. The Kier molecular flexibility index (Phi) is 5.24. The van der Waals surface area contributed by atoms with Gasteiger partial charge in [-0.3, -0.25) is 5.41 Å². The first-order chi connectivity index (χ1) is 12.3. The number of rotatable bonds is 7. The molecule has 0 aliphatic heterocycles. The van der Waals surface area contributed by atoms with Gasteiger partial charge in [0.1, 0.15) is 0 Å². The summed E-state index contributed by atoms with van der Waals surface area (Å²) in [6, 6.07) is 5.15. The molecule has 9 heteroatoms. The number of halogens is 1. The fourth-order valence-corrected chi connectivity index (χ4v) is 4.63. The predicted octanol–water partition coefficient (Wildman–Crippen LogP) is 2.87. The summed E-state index contributed by atoms with van der Waals surface area (Å²) >= 11 is 6.16. The molecule has 1 aromatic heterocycles. The van der Waals surface area contributed by atoms with E-state index in [1.807, 2.05) is 6.92 Å². The number of fused-ring (bicyclic) bond motifs is 1. The molecule has 140 valence electrons. The topological polar surface area (TPSA) is 113 Å². The van der Waals surface area contributed by atoms with Crippen LogP contribution in [0.1, 0.15) is 38.2 Å². The van der Waals surface area contributed by atoms with E-state index in [0.717, 1.165) is 24.6 Å². The monoisotopic (exact) mass is 395 g/mol. The number of aromatic nitrogens is 1. The van der Waals surface area contributed by atoms with Crippen molar-refractivity contribution < 1.29 is 8.42 Å². The molecule has 0 bridgehead atoms. The van der Waals surface area contributed by atoms with Crippen molar-refractivity contribution in [2.75, 3.05) is 5.75 Å². The van der Waals surface area contributed by atoms with Crippen molar-refractivity contribution in [1.82, 2.24) is 9.40 Å². The highest BCUT2D eigenvalue weighted by molar-refractivity contribution is 7.90. The SMILES string of the molecule is CCCCS(=O)(=O)n1cc(/C(=N\NC(=N)N)C2CC2)c2cc(Cl)ccc21. The van der Waals surface area contributed by atoms with E-state index in [0.29, 0.717) is 28.2 Å². The first-order valence-corrected chi connectivity index (χ1v) is 10.5. The quantitative estimate of drug-likeness (QED) is 0.380. The van der Waals surface area contributed by atoms with Crippen molar-refractivity contribution in [2.45, 2.75) is 32.6 Å². The zero-order valence-corrected chi connectivity index (χ0v) is 16.1. The van der Waals surface area contributed by atoms with Crippen molar-refractivity contribution >= 4 is 44.2 Å². The molecular weight excluding hydrogens is 374 g/mol. The molecule has 0 unspecified atom stereocenters. The first-order valence-electron chi connectivity index (χ1n) is 8.55. The van der Waals surface area contributed by atoms with Crippen molar-refractivity contribution in [3.05, 3.63) is 35.0 Å². The maximum absolute atomic E-state index is 12.8. The fraction of sp³-hybridized carbons (Fsp3) is 0.412. The zero-order valence-electron chi connectivity index (χ0n) is 14.5. The Morgan fingerprint density at radius 3 is 2.81 bits per heavy atom. The van der Waals surface area contributed by atoms with Crippen LogP contribution in [0.5, 0.6) is 0 Å². The minimum atomic E-state index is -3.48. The van der Waals surface area contributed by atoms with Gasteiger partial charge in [0.05, 0.1) is 17.0 Å². The molecule has 0 spiro atoms. The second-order valence-electron chi connectivity index (χ2n) is 6.47. The maximum atomic E-state index is 12.8. The number of nitrogens with one attached hydrogen (secondary N) is 2. The average Bonchev–Trinajstić information content (AvgIpc) is 3.34. The summed E-state index contributed by atoms with van der Waals surface area (Å²) in [7, 11) is -3.48. The summed E-state index contributed by atoms with van der Waals surface area (Å²) in [4.78, 5) is 0.